The average molecular weight is 714 g/mol. The van der Waals surface area contributed by atoms with Crippen molar-refractivity contribution >= 4 is 22.8 Å². The molecule has 1 aromatic carbocycles. The molecule has 0 spiro atoms. The molecule has 2 aromatic heterocycles. The number of aromatic nitrogens is 3. The van der Waals surface area contributed by atoms with Crippen LogP contribution in [0.25, 0.3) is 22.3 Å². The fraction of sp³-hybridized carbons (Fsp3) is 0.622. The van der Waals surface area contributed by atoms with Gasteiger partial charge in [-0.1, -0.05) is 0 Å². The van der Waals surface area contributed by atoms with Crippen LogP contribution in [0.1, 0.15) is 80.9 Å². The van der Waals surface area contributed by atoms with Crippen molar-refractivity contribution in [2.75, 3.05) is 26.8 Å². The lowest BCUT2D eigenvalue weighted by molar-refractivity contribution is -0.165. The van der Waals surface area contributed by atoms with Crippen molar-refractivity contribution in [3.8, 4) is 17.1 Å². The highest BCUT2D eigenvalue weighted by Crippen LogP contribution is 2.58. The van der Waals surface area contributed by atoms with Gasteiger partial charge in [0.05, 0.1) is 36.8 Å². The van der Waals surface area contributed by atoms with Crippen LogP contribution in [0.3, 0.4) is 0 Å². The lowest BCUT2D eigenvalue weighted by Gasteiger charge is -2.59. The number of aliphatic carboxylic acids is 1. The van der Waals surface area contributed by atoms with E-state index in [-0.39, 0.29) is 48.9 Å². The fourth-order valence-electron chi connectivity index (χ4n) is 9.90. The highest BCUT2D eigenvalue weighted by molar-refractivity contribution is 6.00. The van der Waals surface area contributed by atoms with Gasteiger partial charge in [0.25, 0.3) is 17.8 Å². The summed E-state index contributed by atoms with van der Waals surface area (Å²) in [7, 11) is 1.58. The van der Waals surface area contributed by atoms with Crippen LogP contribution in [0.4, 0.5) is 17.6 Å². The lowest BCUT2D eigenvalue weighted by Crippen LogP contribution is -2.70. The van der Waals surface area contributed by atoms with Crippen LogP contribution in [0, 0.1) is 23.7 Å². The molecule has 5 saturated carbocycles. The second-order valence-electron chi connectivity index (χ2n) is 15.8. The summed E-state index contributed by atoms with van der Waals surface area (Å²) in [4.78, 5) is 37.2. The molecular formula is C37H43F4N5O5. The van der Waals surface area contributed by atoms with Crippen LogP contribution >= 0.6 is 0 Å². The number of nitrogens with one attached hydrogen (secondary N) is 1. The molecule has 3 heterocycles. The summed E-state index contributed by atoms with van der Waals surface area (Å²) in [5, 5.41) is 13.9. The lowest BCUT2D eigenvalue weighted by atomic mass is 9.48. The molecule has 51 heavy (non-hydrogen) atoms. The van der Waals surface area contributed by atoms with Crippen LogP contribution in [0.2, 0.25) is 0 Å². The average Bonchev–Trinajstić information content (AvgIpc) is 3.41. The maximum atomic E-state index is 15.3. The minimum atomic E-state index is -3.54. The first kappa shape index (κ1) is 34.3. The van der Waals surface area contributed by atoms with Gasteiger partial charge in [0.2, 0.25) is 0 Å². The SMILES string of the molecule is COC[C@@H](C)n1cc(-c2ncc(C(=O)NC3(C(=O)O)C4CC5CC(C4)CC3C5)c(C(C)(F)F)n2)c2ccc(O[C@H]3C[C@@H](N4CC(F)(F)C4)C3)cc21. The minimum Gasteiger partial charge on any atom is -0.490 e. The molecule has 0 radical (unpaired) electrons. The standard InChI is InChI=1S/C37H43F4N5O5/c1-19(16-50-3)46-15-29(27-5-4-25(13-30(27)46)51-26-11-24(12-26)45-17-36(40,41)18-45)32-42-14-28(31(43-32)35(2,38)39)33(47)44-37(34(48)49)22-7-20-6-21(9-22)10-23(37)8-20/h4-5,13-15,19-24,26H,6-12,16-18H2,1-3H3,(H,44,47)(H,48,49)/t19-,20?,21?,22?,23?,24-,26+,37?/m1/s1. The molecular weight excluding hydrogens is 670 g/mol. The van der Waals surface area contributed by atoms with Crippen molar-refractivity contribution < 1.29 is 41.7 Å². The zero-order chi connectivity index (χ0) is 36.0. The summed E-state index contributed by atoms with van der Waals surface area (Å²) in [5.41, 5.74) is -1.56. The Morgan fingerprint density at radius 1 is 1.08 bits per heavy atom. The first-order chi connectivity index (χ1) is 24.1. The highest BCUT2D eigenvalue weighted by Gasteiger charge is 2.62. The van der Waals surface area contributed by atoms with Crippen molar-refractivity contribution in [2.24, 2.45) is 23.7 Å². The summed E-state index contributed by atoms with van der Waals surface area (Å²) in [5.74, 6) is -7.25. The van der Waals surface area contributed by atoms with Crippen molar-refractivity contribution in [1.82, 2.24) is 24.8 Å². The Bertz CT molecular complexity index is 1840. The maximum absolute atomic E-state index is 15.3. The largest absolute Gasteiger partial charge is 0.490 e. The van der Waals surface area contributed by atoms with Gasteiger partial charge in [0, 0.05) is 62.3 Å². The molecule has 6 fully saturated rings. The number of halogens is 4. The van der Waals surface area contributed by atoms with Gasteiger partial charge in [-0.2, -0.15) is 8.78 Å². The number of amides is 1. The summed E-state index contributed by atoms with van der Waals surface area (Å²) in [6.07, 6.45) is 7.91. The van der Waals surface area contributed by atoms with Crippen molar-refractivity contribution in [3.05, 3.63) is 41.9 Å². The van der Waals surface area contributed by atoms with E-state index in [0.29, 0.717) is 80.6 Å². The number of hydrogen-bond acceptors (Lipinski definition) is 7. The summed E-state index contributed by atoms with van der Waals surface area (Å²) in [6, 6.07) is 5.33. The van der Waals surface area contributed by atoms with E-state index in [2.05, 4.69) is 15.3 Å². The van der Waals surface area contributed by atoms with E-state index < -0.39 is 40.5 Å². The van der Waals surface area contributed by atoms with E-state index in [1.165, 1.54) is 0 Å². The number of rotatable bonds is 11. The van der Waals surface area contributed by atoms with Crippen LogP contribution < -0.4 is 10.1 Å². The molecule has 1 amide bonds. The number of likely N-dealkylation sites (tertiary alicyclic amines) is 1. The molecule has 2 N–H and O–H groups in total. The number of carboxylic acids is 1. The number of hydrogen-bond donors (Lipinski definition) is 2. The number of carboxylic acid groups (broad SMARTS) is 1. The number of nitrogens with zero attached hydrogens (tertiary/aromatic N) is 4. The Morgan fingerprint density at radius 3 is 2.33 bits per heavy atom. The van der Waals surface area contributed by atoms with Crippen molar-refractivity contribution in [2.45, 2.75) is 94.4 Å². The van der Waals surface area contributed by atoms with Crippen molar-refractivity contribution in [3.63, 3.8) is 0 Å². The molecule has 10 nitrogen and oxygen atoms in total. The third-order valence-corrected chi connectivity index (χ3v) is 12.2. The van der Waals surface area contributed by atoms with Gasteiger partial charge in [-0.3, -0.25) is 9.69 Å². The minimum absolute atomic E-state index is 0.0131. The molecule has 1 atom stereocenters. The Balaban J connectivity index is 1.09. The molecule has 3 aromatic rings. The molecule has 5 aliphatic carbocycles. The first-order valence-electron chi connectivity index (χ1n) is 17.9. The summed E-state index contributed by atoms with van der Waals surface area (Å²) in [6.45, 7) is 2.54. The summed E-state index contributed by atoms with van der Waals surface area (Å²) >= 11 is 0. The number of carbonyl (C=O) groups excluding carboxylic acids is 1. The smallest absolute Gasteiger partial charge is 0.330 e. The topological polar surface area (TPSA) is 119 Å². The van der Waals surface area contributed by atoms with Crippen LogP contribution in [-0.2, 0) is 15.5 Å². The van der Waals surface area contributed by atoms with Crippen LogP contribution in [-0.4, -0.2) is 86.8 Å². The third kappa shape index (κ3) is 5.86. The van der Waals surface area contributed by atoms with Crippen LogP contribution in [0.5, 0.6) is 5.75 Å². The van der Waals surface area contributed by atoms with Gasteiger partial charge in [0.15, 0.2) is 5.82 Å². The van der Waals surface area contributed by atoms with E-state index in [1.807, 2.05) is 17.6 Å². The van der Waals surface area contributed by atoms with Gasteiger partial charge in [0.1, 0.15) is 23.1 Å². The second-order valence-corrected chi connectivity index (χ2v) is 15.8. The number of methoxy groups -OCH3 is 1. The van der Waals surface area contributed by atoms with Gasteiger partial charge < -0.3 is 24.5 Å². The zero-order valence-electron chi connectivity index (χ0n) is 28.9. The number of benzene rings is 1. The first-order valence-corrected chi connectivity index (χ1v) is 17.9. The quantitative estimate of drug-likeness (QED) is 0.223. The van der Waals surface area contributed by atoms with E-state index in [9.17, 15) is 23.5 Å². The molecule has 4 bridgehead atoms. The monoisotopic (exact) mass is 713 g/mol. The number of carbonyl (C=O) groups is 2. The van der Waals surface area contributed by atoms with E-state index >= 15 is 8.78 Å². The molecule has 6 aliphatic rings. The number of fused-ring (bicyclic) bond motifs is 1. The zero-order valence-corrected chi connectivity index (χ0v) is 28.9. The Hall–Kier alpha value is -3.78. The Morgan fingerprint density at radius 2 is 1.75 bits per heavy atom. The van der Waals surface area contributed by atoms with E-state index in [1.54, 1.807) is 30.3 Å². The normalized spacial score (nSPS) is 31.6. The molecule has 1 saturated heterocycles. The summed E-state index contributed by atoms with van der Waals surface area (Å²) < 4.78 is 70.9. The predicted octanol–water partition coefficient (Wildman–Crippen LogP) is 6.29. The van der Waals surface area contributed by atoms with Crippen molar-refractivity contribution in [1.29, 1.82) is 0 Å². The molecule has 14 heteroatoms. The predicted molar refractivity (Wildman–Crippen MR) is 178 cm³/mol. The molecule has 274 valence electrons. The molecule has 9 rings (SSSR count). The van der Waals surface area contributed by atoms with Gasteiger partial charge in [-0.25, -0.2) is 23.5 Å². The van der Waals surface area contributed by atoms with Gasteiger partial charge in [-0.15, -0.1) is 0 Å². The van der Waals surface area contributed by atoms with E-state index in [0.717, 1.165) is 18.1 Å². The number of ether oxygens (including phenoxy) is 2. The number of alkyl halides is 4. The Labute approximate surface area is 292 Å². The fourth-order valence-corrected chi connectivity index (χ4v) is 9.90. The second kappa shape index (κ2) is 12.1. The van der Waals surface area contributed by atoms with Gasteiger partial charge in [-0.05, 0) is 74.8 Å². The van der Waals surface area contributed by atoms with E-state index in [4.69, 9.17) is 9.47 Å². The maximum Gasteiger partial charge on any atom is 0.330 e. The molecule has 1 aliphatic heterocycles. The highest BCUT2D eigenvalue weighted by atomic mass is 19.3. The molecule has 0 unspecified atom stereocenters. The van der Waals surface area contributed by atoms with Gasteiger partial charge >= 0.3 is 5.97 Å². The Kier molecular flexibility index (Phi) is 8.17. The van der Waals surface area contributed by atoms with Crippen LogP contribution in [0.15, 0.2) is 30.6 Å². The third-order valence-electron chi connectivity index (χ3n) is 12.2.